The minimum Gasteiger partial charge on any atom is -0.493 e. The van der Waals surface area contributed by atoms with Crippen molar-refractivity contribution in [2.75, 3.05) is 45.9 Å². The molecular formula is C22H22N2O6. The van der Waals surface area contributed by atoms with Crippen LogP contribution in [0.3, 0.4) is 0 Å². The van der Waals surface area contributed by atoms with E-state index >= 15 is 0 Å². The number of methoxy groups -OCH3 is 3. The monoisotopic (exact) mass is 410 g/mol. The summed E-state index contributed by atoms with van der Waals surface area (Å²) >= 11 is 0. The SMILES string of the molecule is COc1cc(C(=O)NCC#Cc2ccc(N3CCOC3=O)cc2)cc(OC)c1OC. The molecule has 0 bridgehead atoms. The third-order valence-electron chi connectivity index (χ3n) is 4.44. The predicted octanol–water partition coefficient (Wildman–Crippen LogP) is 2.45. The third kappa shape index (κ3) is 4.58. The summed E-state index contributed by atoms with van der Waals surface area (Å²) < 4.78 is 20.7. The number of carbonyl (C=O) groups excluding carboxylic acids is 2. The lowest BCUT2D eigenvalue weighted by Crippen LogP contribution is -2.23. The Hall–Kier alpha value is -3.86. The number of hydrogen-bond acceptors (Lipinski definition) is 6. The second-order valence-corrected chi connectivity index (χ2v) is 6.21. The summed E-state index contributed by atoms with van der Waals surface area (Å²) in [7, 11) is 4.48. The van der Waals surface area contributed by atoms with Crippen molar-refractivity contribution in [3.63, 3.8) is 0 Å². The highest BCUT2D eigenvalue weighted by Gasteiger charge is 2.23. The number of nitrogens with one attached hydrogen (secondary N) is 1. The molecule has 0 saturated carbocycles. The molecule has 8 nitrogen and oxygen atoms in total. The molecule has 1 aliphatic rings. The van der Waals surface area contributed by atoms with Gasteiger partial charge in [-0.3, -0.25) is 9.69 Å². The summed E-state index contributed by atoms with van der Waals surface area (Å²) in [4.78, 5) is 25.6. The van der Waals surface area contributed by atoms with E-state index < -0.39 is 0 Å². The molecular weight excluding hydrogens is 388 g/mol. The smallest absolute Gasteiger partial charge is 0.414 e. The molecule has 1 N–H and O–H groups in total. The fourth-order valence-electron chi connectivity index (χ4n) is 2.94. The first-order valence-electron chi connectivity index (χ1n) is 9.18. The lowest BCUT2D eigenvalue weighted by molar-refractivity contribution is 0.0957. The summed E-state index contributed by atoms with van der Waals surface area (Å²) in [6, 6.07) is 10.4. The number of ether oxygens (including phenoxy) is 4. The Kier molecular flexibility index (Phi) is 6.65. The maximum atomic E-state index is 12.4. The number of amides is 2. The van der Waals surface area contributed by atoms with Crippen LogP contribution in [0.2, 0.25) is 0 Å². The van der Waals surface area contributed by atoms with Crippen molar-refractivity contribution in [3.05, 3.63) is 47.5 Å². The molecule has 1 saturated heterocycles. The molecule has 1 heterocycles. The average molecular weight is 410 g/mol. The summed E-state index contributed by atoms with van der Waals surface area (Å²) in [6.07, 6.45) is -0.344. The Morgan fingerprint density at radius 2 is 1.77 bits per heavy atom. The second-order valence-electron chi connectivity index (χ2n) is 6.21. The van der Waals surface area contributed by atoms with Gasteiger partial charge < -0.3 is 24.3 Å². The minimum absolute atomic E-state index is 0.162. The molecule has 0 radical (unpaired) electrons. The van der Waals surface area contributed by atoms with Crippen LogP contribution in [0.1, 0.15) is 15.9 Å². The van der Waals surface area contributed by atoms with Gasteiger partial charge in [0.2, 0.25) is 5.75 Å². The Morgan fingerprint density at radius 3 is 2.30 bits per heavy atom. The van der Waals surface area contributed by atoms with Gasteiger partial charge in [-0.05, 0) is 36.4 Å². The fraction of sp³-hybridized carbons (Fsp3) is 0.273. The largest absolute Gasteiger partial charge is 0.493 e. The van der Waals surface area contributed by atoms with Crippen LogP contribution in [0.4, 0.5) is 10.5 Å². The molecule has 1 aliphatic heterocycles. The van der Waals surface area contributed by atoms with Gasteiger partial charge in [0.05, 0.1) is 34.4 Å². The maximum Gasteiger partial charge on any atom is 0.414 e. The van der Waals surface area contributed by atoms with Gasteiger partial charge in [-0.15, -0.1) is 0 Å². The van der Waals surface area contributed by atoms with Crippen LogP contribution < -0.4 is 24.4 Å². The topological polar surface area (TPSA) is 86.3 Å². The standard InChI is InChI=1S/C22H22N2O6/c1-27-18-13-16(14-19(28-2)20(18)29-3)21(25)23-10-4-5-15-6-8-17(9-7-15)24-11-12-30-22(24)26/h6-9,13-14H,10-12H2,1-3H3,(H,23,25). The van der Waals surface area contributed by atoms with E-state index in [4.69, 9.17) is 18.9 Å². The zero-order valence-corrected chi connectivity index (χ0v) is 17.0. The van der Waals surface area contributed by atoms with Crippen molar-refractivity contribution in [1.82, 2.24) is 5.32 Å². The predicted molar refractivity (Wildman–Crippen MR) is 110 cm³/mol. The van der Waals surface area contributed by atoms with E-state index in [1.807, 2.05) is 24.3 Å². The maximum absolute atomic E-state index is 12.4. The van der Waals surface area contributed by atoms with Gasteiger partial charge in [-0.1, -0.05) is 11.8 Å². The van der Waals surface area contributed by atoms with Crippen molar-refractivity contribution < 1.29 is 28.5 Å². The zero-order valence-electron chi connectivity index (χ0n) is 17.0. The second kappa shape index (κ2) is 9.56. The highest BCUT2D eigenvalue weighted by Crippen LogP contribution is 2.38. The highest BCUT2D eigenvalue weighted by molar-refractivity contribution is 5.95. The van der Waals surface area contributed by atoms with Gasteiger partial charge in [0.25, 0.3) is 5.91 Å². The Morgan fingerprint density at radius 1 is 1.10 bits per heavy atom. The third-order valence-corrected chi connectivity index (χ3v) is 4.44. The lowest BCUT2D eigenvalue weighted by atomic mass is 10.1. The molecule has 0 atom stereocenters. The van der Waals surface area contributed by atoms with Crippen LogP contribution in [0.15, 0.2) is 36.4 Å². The van der Waals surface area contributed by atoms with E-state index in [0.29, 0.717) is 36.0 Å². The van der Waals surface area contributed by atoms with E-state index in [-0.39, 0.29) is 18.5 Å². The van der Waals surface area contributed by atoms with Crippen LogP contribution in [-0.4, -0.2) is 53.0 Å². The van der Waals surface area contributed by atoms with Crippen LogP contribution in [0.5, 0.6) is 17.2 Å². The molecule has 0 unspecified atom stereocenters. The van der Waals surface area contributed by atoms with Crippen LogP contribution >= 0.6 is 0 Å². The van der Waals surface area contributed by atoms with E-state index in [9.17, 15) is 9.59 Å². The fourth-order valence-corrected chi connectivity index (χ4v) is 2.94. The van der Waals surface area contributed by atoms with Crippen molar-refractivity contribution in [1.29, 1.82) is 0 Å². The van der Waals surface area contributed by atoms with Gasteiger partial charge >= 0.3 is 6.09 Å². The quantitative estimate of drug-likeness (QED) is 0.737. The van der Waals surface area contributed by atoms with Gasteiger partial charge in [0.15, 0.2) is 11.5 Å². The summed E-state index contributed by atoms with van der Waals surface area (Å²) in [5, 5.41) is 2.74. The van der Waals surface area contributed by atoms with Crippen molar-refractivity contribution in [2.24, 2.45) is 0 Å². The average Bonchev–Trinajstić information content (AvgIpc) is 3.21. The van der Waals surface area contributed by atoms with E-state index in [1.165, 1.54) is 21.3 Å². The number of carbonyl (C=O) groups is 2. The molecule has 3 rings (SSSR count). The number of benzene rings is 2. The molecule has 156 valence electrons. The molecule has 1 fully saturated rings. The van der Waals surface area contributed by atoms with Crippen LogP contribution in [0.25, 0.3) is 0 Å². The van der Waals surface area contributed by atoms with Crippen LogP contribution in [0, 0.1) is 11.8 Å². The van der Waals surface area contributed by atoms with Crippen molar-refractivity contribution >= 4 is 17.7 Å². The van der Waals surface area contributed by atoms with E-state index in [1.54, 1.807) is 17.0 Å². The lowest BCUT2D eigenvalue weighted by Gasteiger charge is -2.13. The summed E-state index contributed by atoms with van der Waals surface area (Å²) in [5.74, 6) is 6.78. The molecule has 2 amide bonds. The number of anilines is 1. The number of nitrogens with zero attached hydrogens (tertiary/aromatic N) is 1. The molecule has 0 aliphatic carbocycles. The Balaban J connectivity index is 1.61. The first-order valence-corrected chi connectivity index (χ1v) is 9.18. The highest BCUT2D eigenvalue weighted by atomic mass is 16.6. The summed E-state index contributed by atoms with van der Waals surface area (Å²) in [5.41, 5.74) is 1.90. The van der Waals surface area contributed by atoms with Crippen molar-refractivity contribution in [2.45, 2.75) is 0 Å². The molecule has 8 heteroatoms. The minimum atomic E-state index is -0.344. The molecule has 2 aromatic rings. The Bertz CT molecular complexity index is 966. The van der Waals surface area contributed by atoms with E-state index in [2.05, 4.69) is 17.2 Å². The zero-order chi connectivity index (χ0) is 21.5. The summed E-state index contributed by atoms with van der Waals surface area (Å²) in [6.45, 7) is 1.10. The van der Waals surface area contributed by atoms with Gasteiger partial charge in [-0.2, -0.15) is 0 Å². The molecule has 2 aromatic carbocycles. The normalized spacial score (nSPS) is 12.5. The van der Waals surface area contributed by atoms with Gasteiger partial charge in [-0.25, -0.2) is 4.79 Å². The Labute approximate surface area is 174 Å². The van der Waals surface area contributed by atoms with E-state index in [0.717, 1.165) is 11.3 Å². The number of cyclic esters (lactones) is 1. The van der Waals surface area contributed by atoms with Crippen molar-refractivity contribution in [3.8, 4) is 29.1 Å². The first-order chi connectivity index (χ1) is 14.6. The van der Waals surface area contributed by atoms with Crippen LogP contribution in [-0.2, 0) is 4.74 Å². The molecule has 0 spiro atoms. The first kappa shape index (κ1) is 20.9. The number of rotatable bonds is 6. The number of hydrogen-bond donors (Lipinski definition) is 1. The molecule has 30 heavy (non-hydrogen) atoms. The molecule has 0 aromatic heterocycles. The van der Waals surface area contributed by atoms with Gasteiger partial charge in [0, 0.05) is 16.8 Å². The van der Waals surface area contributed by atoms with Gasteiger partial charge in [0.1, 0.15) is 6.61 Å².